The van der Waals surface area contributed by atoms with E-state index in [-0.39, 0.29) is 34.5 Å². The fraction of sp³-hybridized carbons (Fsp3) is 0.296. The molecule has 4 atom stereocenters. The average molecular weight is 660 g/mol. The third kappa shape index (κ3) is 4.91. The van der Waals surface area contributed by atoms with Crippen molar-refractivity contribution in [1.82, 2.24) is 23.5 Å². The maximum atomic E-state index is 13.5. The van der Waals surface area contributed by atoms with Crippen molar-refractivity contribution in [3.63, 3.8) is 0 Å². The molecular formula is C27H27BrN6O7S. The number of imidazole rings is 1. The molecule has 0 radical (unpaired) electrons. The van der Waals surface area contributed by atoms with E-state index in [4.69, 9.17) is 15.2 Å². The number of hydrogen-bond donors (Lipinski definition) is 4. The van der Waals surface area contributed by atoms with Crippen LogP contribution in [0.4, 0.5) is 5.82 Å². The van der Waals surface area contributed by atoms with E-state index in [0.717, 1.165) is 21.0 Å². The van der Waals surface area contributed by atoms with Crippen molar-refractivity contribution in [3.8, 4) is 6.01 Å². The number of halogens is 1. The fourth-order valence-corrected chi connectivity index (χ4v) is 6.74. The number of ether oxygens (including phenoxy) is 2. The van der Waals surface area contributed by atoms with Gasteiger partial charge in [0.25, 0.3) is 10.0 Å². The second-order valence-electron chi connectivity index (χ2n) is 9.97. The molecule has 0 bridgehead atoms. The first kappa shape index (κ1) is 28.5. The van der Waals surface area contributed by atoms with Crippen LogP contribution in [0.15, 0.2) is 64.4 Å². The molecule has 5 N–H and O–H groups in total. The molecule has 0 unspecified atom stereocenters. The molecule has 1 fully saturated rings. The topological polar surface area (TPSA) is 188 Å². The summed E-state index contributed by atoms with van der Waals surface area (Å²) in [7, 11) is -3.86. The Kier molecular flexibility index (Phi) is 7.41. The van der Waals surface area contributed by atoms with E-state index in [1.165, 1.54) is 14.9 Å². The van der Waals surface area contributed by atoms with Crippen LogP contribution in [0.5, 0.6) is 6.01 Å². The van der Waals surface area contributed by atoms with Gasteiger partial charge < -0.3 is 30.5 Å². The molecule has 220 valence electrons. The third-order valence-electron chi connectivity index (χ3n) is 7.21. The number of aliphatic hydroxyl groups is 3. The van der Waals surface area contributed by atoms with Gasteiger partial charge in [-0.25, -0.2) is 17.4 Å². The van der Waals surface area contributed by atoms with Gasteiger partial charge in [-0.2, -0.15) is 9.97 Å². The molecular weight excluding hydrogens is 632 g/mol. The van der Waals surface area contributed by atoms with Crippen LogP contribution in [-0.4, -0.2) is 78.8 Å². The molecule has 1 aliphatic heterocycles. The van der Waals surface area contributed by atoms with Crippen LogP contribution in [0.3, 0.4) is 0 Å². The predicted octanol–water partition coefficient (Wildman–Crippen LogP) is 1.90. The van der Waals surface area contributed by atoms with Crippen molar-refractivity contribution in [3.05, 3.63) is 70.6 Å². The van der Waals surface area contributed by atoms with Crippen LogP contribution >= 0.6 is 15.9 Å². The molecule has 6 rings (SSSR count). The van der Waals surface area contributed by atoms with E-state index in [1.807, 2.05) is 13.0 Å². The molecule has 0 saturated carbocycles. The number of benzene rings is 2. The summed E-state index contributed by atoms with van der Waals surface area (Å²) >= 11 is 3.47. The van der Waals surface area contributed by atoms with E-state index < -0.39 is 41.2 Å². The Bertz CT molecular complexity index is 1890. The van der Waals surface area contributed by atoms with Crippen molar-refractivity contribution in [2.75, 3.05) is 18.9 Å². The van der Waals surface area contributed by atoms with Crippen molar-refractivity contribution in [2.45, 2.75) is 42.8 Å². The number of anilines is 1. The number of aromatic nitrogens is 5. The first-order chi connectivity index (χ1) is 20.1. The van der Waals surface area contributed by atoms with Gasteiger partial charge in [-0.15, -0.1) is 0 Å². The number of hydrogen-bond acceptors (Lipinski definition) is 11. The van der Waals surface area contributed by atoms with Gasteiger partial charge in [0.05, 0.1) is 30.0 Å². The first-order valence-electron chi connectivity index (χ1n) is 13.0. The largest absolute Gasteiger partial charge is 0.463 e. The maximum absolute atomic E-state index is 13.5. The maximum Gasteiger partial charge on any atom is 0.320 e. The van der Waals surface area contributed by atoms with Gasteiger partial charge in [-0.1, -0.05) is 33.6 Å². The van der Waals surface area contributed by atoms with Gasteiger partial charge in [0.1, 0.15) is 18.3 Å². The Morgan fingerprint density at radius 1 is 1.12 bits per heavy atom. The standard InChI is InChI=1S/C27H27BrN6O7S/c1-14-2-5-17(6-3-14)42(38,39)34-11-15(18-10-16(28)4-7-19(18)34)8-9-40-27-31-24(29)21-25(32-27)33(13-30-21)26-23(37)22(36)20(12-35)41-26/h2-7,10-11,13,20,22-23,26,35-37H,8-9,12H2,1H3,(H2,29,31,32)/t20-,22-,23-,26-/m1/s1. The van der Waals surface area contributed by atoms with Gasteiger partial charge in [0, 0.05) is 22.5 Å². The number of fused-ring (bicyclic) bond motifs is 2. The fourth-order valence-electron chi connectivity index (χ4n) is 4.99. The number of nitrogen functional groups attached to an aromatic ring is 1. The number of aryl methyl sites for hydroxylation is 1. The van der Waals surface area contributed by atoms with Crippen LogP contribution in [0, 0.1) is 6.92 Å². The minimum absolute atomic E-state index is 0.0326. The second-order valence-corrected chi connectivity index (χ2v) is 12.7. The molecule has 2 aromatic carbocycles. The Morgan fingerprint density at radius 3 is 2.60 bits per heavy atom. The molecule has 4 heterocycles. The van der Waals surface area contributed by atoms with Crippen molar-refractivity contribution >= 4 is 53.8 Å². The highest BCUT2D eigenvalue weighted by atomic mass is 79.9. The zero-order valence-electron chi connectivity index (χ0n) is 22.2. The zero-order chi connectivity index (χ0) is 29.8. The lowest BCUT2D eigenvalue weighted by molar-refractivity contribution is -0.0511. The molecule has 1 saturated heterocycles. The molecule has 0 amide bonds. The smallest absolute Gasteiger partial charge is 0.320 e. The van der Waals surface area contributed by atoms with E-state index in [0.29, 0.717) is 11.9 Å². The summed E-state index contributed by atoms with van der Waals surface area (Å²) in [6.07, 6.45) is -1.43. The Labute approximate surface area is 248 Å². The van der Waals surface area contributed by atoms with Crippen LogP contribution < -0.4 is 10.5 Å². The zero-order valence-corrected chi connectivity index (χ0v) is 24.6. The van der Waals surface area contributed by atoms with Crippen LogP contribution in [0.1, 0.15) is 17.4 Å². The summed E-state index contributed by atoms with van der Waals surface area (Å²) in [6, 6.07) is 12.0. The number of rotatable bonds is 8. The highest BCUT2D eigenvalue weighted by molar-refractivity contribution is 9.10. The molecule has 0 spiro atoms. The van der Waals surface area contributed by atoms with E-state index in [2.05, 4.69) is 30.9 Å². The summed E-state index contributed by atoms with van der Waals surface area (Å²) in [5, 5.41) is 30.8. The molecule has 3 aromatic heterocycles. The van der Waals surface area contributed by atoms with Gasteiger partial charge in [-0.05, 0) is 42.8 Å². The van der Waals surface area contributed by atoms with Gasteiger partial charge in [-0.3, -0.25) is 4.57 Å². The lowest BCUT2D eigenvalue weighted by Crippen LogP contribution is -2.33. The molecule has 5 aromatic rings. The van der Waals surface area contributed by atoms with Crippen LogP contribution in [-0.2, 0) is 21.2 Å². The van der Waals surface area contributed by atoms with Crippen molar-refractivity contribution in [2.24, 2.45) is 0 Å². The third-order valence-corrected chi connectivity index (χ3v) is 9.40. The highest BCUT2D eigenvalue weighted by Crippen LogP contribution is 2.33. The van der Waals surface area contributed by atoms with Crippen LogP contribution in [0.2, 0.25) is 0 Å². The average Bonchev–Trinajstić information content (AvgIpc) is 3.63. The van der Waals surface area contributed by atoms with Gasteiger partial charge in [0.2, 0.25) is 0 Å². The molecule has 13 nitrogen and oxygen atoms in total. The number of aliphatic hydroxyl groups excluding tert-OH is 3. The summed E-state index contributed by atoms with van der Waals surface area (Å²) in [5.41, 5.74) is 8.76. The molecule has 0 aliphatic carbocycles. The molecule has 1 aliphatic rings. The summed E-state index contributed by atoms with van der Waals surface area (Å²) in [4.78, 5) is 12.9. The minimum atomic E-state index is -3.86. The summed E-state index contributed by atoms with van der Waals surface area (Å²) < 4.78 is 42.0. The molecule has 15 heteroatoms. The lowest BCUT2D eigenvalue weighted by atomic mass is 10.1. The van der Waals surface area contributed by atoms with Crippen LogP contribution in [0.25, 0.3) is 22.1 Å². The monoisotopic (exact) mass is 658 g/mol. The summed E-state index contributed by atoms with van der Waals surface area (Å²) in [6.45, 7) is 1.50. The SMILES string of the molecule is Cc1ccc(S(=O)(=O)n2cc(CCOc3nc(N)c4ncn([C@@H]5O[C@H](CO)[C@@H](O)[C@H]5O)c4n3)c3cc(Br)ccc32)cc1. The minimum Gasteiger partial charge on any atom is -0.463 e. The van der Waals surface area contributed by atoms with E-state index >= 15 is 0 Å². The van der Waals surface area contributed by atoms with Gasteiger partial charge in [0.15, 0.2) is 23.2 Å². The van der Waals surface area contributed by atoms with E-state index in [1.54, 1.807) is 42.6 Å². The van der Waals surface area contributed by atoms with E-state index in [9.17, 15) is 23.7 Å². The Hall–Kier alpha value is -3.60. The number of nitrogens with zero attached hydrogens (tertiary/aromatic N) is 5. The van der Waals surface area contributed by atoms with Crippen molar-refractivity contribution < 1.29 is 33.2 Å². The predicted molar refractivity (Wildman–Crippen MR) is 155 cm³/mol. The Balaban J connectivity index is 1.27. The highest BCUT2D eigenvalue weighted by Gasteiger charge is 2.44. The van der Waals surface area contributed by atoms with Gasteiger partial charge >= 0.3 is 6.01 Å². The lowest BCUT2D eigenvalue weighted by Gasteiger charge is -2.16. The quantitative estimate of drug-likeness (QED) is 0.191. The summed E-state index contributed by atoms with van der Waals surface area (Å²) in [5.74, 6) is 0.0326. The normalized spacial score (nSPS) is 21.0. The second kappa shape index (κ2) is 10.9. The number of nitrogens with two attached hydrogens (primary N) is 1. The van der Waals surface area contributed by atoms with Crippen molar-refractivity contribution in [1.29, 1.82) is 0 Å². The Morgan fingerprint density at radius 2 is 1.88 bits per heavy atom. The molecule has 42 heavy (non-hydrogen) atoms. The first-order valence-corrected chi connectivity index (χ1v) is 15.2.